The predicted octanol–water partition coefficient (Wildman–Crippen LogP) is 6.06. The first kappa shape index (κ1) is 26.1. The highest BCUT2D eigenvalue weighted by atomic mass is 32.2. The van der Waals surface area contributed by atoms with Crippen LogP contribution in [-0.2, 0) is 21.8 Å². The summed E-state index contributed by atoms with van der Waals surface area (Å²) in [5.74, 6) is -2.12. The number of ether oxygens (including phenoxy) is 1. The number of aromatic nitrogens is 2. The molecular formula is C29H21F2N3O4S2. The molecular weight excluding hydrogens is 556 g/mol. The number of anilines is 1. The number of aliphatic hydroxyl groups excluding tert-OH is 1. The Bertz CT molecular complexity index is 1670. The van der Waals surface area contributed by atoms with Gasteiger partial charge in [0.05, 0.1) is 5.57 Å². The summed E-state index contributed by atoms with van der Waals surface area (Å²) in [6, 6.07) is 15.6. The number of ketones is 1. The number of aliphatic hydroxyl groups is 1. The Morgan fingerprint density at radius 1 is 1.10 bits per heavy atom. The minimum absolute atomic E-state index is 0.0242. The first-order chi connectivity index (χ1) is 19.3. The SMILES string of the molecule is C[C@@H]1Cc2cc(C(O)=C3C(=O)C(=O)N(c4nnc(SCc5ccc(F)cc5)s4)[C@H]3c3ccccc3F)ccc2O1. The zero-order valence-electron chi connectivity index (χ0n) is 21.0. The number of Topliss-reactive ketones (excluding diaryl/α,β-unsaturated/α-hetero) is 1. The molecule has 202 valence electrons. The number of carbonyl (C=O) groups excluding carboxylic acids is 2. The Morgan fingerprint density at radius 2 is 1.88 bits per heavy atom. The van der Waals surface area contributed by atoms with Crippen molar-refractivity contribution < 1.29 is 28.2 Å². The van der Waals surface area contributed by atoms with E-state index in [4.69, 9.17) is 4.74 Å². The van der Waals surface area contributed by atoms with Crippen molar-refractivity contribution in [3.8, 4) is 5.75 Å². The molecule has 1 saturated heterocycles. The molecule has 6 rings (SSSR count). The topological polar surface area (TPSA) is 92.6 Å². The summed E-state index contributed by atoms with van der Waals surface area (Å²) in [7, 11) is 0. The lowest BCUT2D eigenvalue weighted by atomic mass is 9.94. The molecule has 7 nitrogen and oxygen atoms in total. The standard InChI is InChI=1S/C29H21F2N3O4S2/c1-15-12-18-13-17(8-11-22(18)38-15)25(35)23-24(20-4-2-3-5-21(20)31)34(27(37)26(23)36)28-32-33-29(40-28)39-14-16-6-9-19(30)10-7-16/h2-11,13,15,24,35H,12,14H2,1H3/t15-,24+/m1/s1. The van der Waals surface area contributed by atoms with Crippen molar-refractivity contribution in [2.75, 3.05) is 4.90 Å². The Hall–Kier alpha value is -4.09. The van der Waals surface area contributed by atoms with E-state index in [1.54, 1.807) is 36.4 Å². The van der Waals surface area contributed by atoms with E-state index >= 15 is 4.39 Å². The van der Waals surface area contributed by atoms with Gasteiger partial charge in [0.25, 0.3) is 5.78 Å². The van der Waals surface area contributed by atoms with E-state index in [-0.39, 0.29) is 28.2 Å². The quantitative estimate of drug-likeness (QED) is 0.0980. The van der Waals surface area contributed by atoms with Crippen LogP contribution in [0.25, 0.3) is 5.76 Å². The molecule has 2 aliphatic rings. The summed E-state index contributed by atoms with van der Waals surface area (Å²) in [6.07, 6.45) is 0.605. The van der Waals surface area contributed by atoms with Crippen LogP contribution in [0.2, 0.25) is 0 Å². The van der Waals surface area contributed by atoms with E-state index in [9.17, 15) is 19.1 Å². The van der Waals surface area contributed by atoms with Crippen LogP contribution < -0.4 is 9.64 Å². The number of thioether (sulfide) groups is 1. The van der Waals surface area contributed by atoms with E-state index in [0.717, 1.165) is 27.4 Å². The molecule has 1 amide bonds. The van der Waals surface area contributed by atoms with Crippen LogP contribution in [0.3, 0.4) is 0 Å². The summed E-state index contributed by atoms with van der Waals surface area (Å²) in [6.45, 7) is 1.93. The van der Waals surface area contributed by atoms with E-state index in [2.05, 4.69) is 10.2 Å². The molecule has 0 bridgehead atoms. The highest BCUT2D eigenvalue weighted by molar-refractivity contribution is 8.00. The van der Waals surface area contributed by atoms with Crippen molar-refractivity contribution in [3.63, 3.8) is 0 Å². The summed E-state index contributed by atoms with van der Waals surface area (Å²) >= 11 is 2.39. The van der Waals surface area contributed by atoms with Crippen molar-refractivity contribution in [1.82, 2.24) is 10.2 Å². The number of rotatable bonds is 6. The monoisotopic (exact) mass is 577 g/mol. The average molecular weight is 578 g/mol. The summed E-state index contributed by atoms with van der Waals surface area (Å²) in [5.41, 5.74) is 1.85. The second-order valence-corrected chi connectivity index (χ2v) is 11.6. The first-order valence-corrected chi connectivity index (χ1v) is 14.2. The van der Waals surface area contributed by atoms with Crippen LogP contribution in [0.15, 0.2) is 76.6 Å². The molecule has 0 unspecified atom stereocenters. The minimum Gasteiger partial charge on any atom is -0.507 e. The predicted molar refractivity (Wildman–Crippen MR) is 147 cm³/mol. The van der Waals surface area contributed by atoms with Crippen LogP contribution in [0.4, 0.5) is 13.9 Å². The maximum Gasteiger partial charge on any atom is 0.301 e. The number of halogens is 2. The van der Waals surface area contributed by atoms with Crippen LogP contribution in [0.1, 0.15) is 35.2 Å². The van der Waals surface area contributed by atoms with Gasteiger partial charge in [0.1, 0.15) is 35.3 Å². The Morgan fingerprint density at radius 3 is 2.65 bits per heavy atom. The van der Waals surface area contributed by atoms with Crippen LogP contribution in [0.5, 0.6) is 5.75 Å². The van der Waals surface area contributed by atoms with Gasteiger partial charge in [-0.05, 0) is 54.4 Å². The number of carbonyl (C=O) groups is 2. The van der Waals surface area contributed by atoms with E-state index in [1.807, 2.05) is 6.92 Å². The third-order valence-corrected chi connectivity index (χ3v) is 8.82. The number of fused-ring (bicyclic) bond motifs is 1. The summed E-state index contributed by atoms with van der Waals surface area (Å²) in [4.78, 5) is 27.9. The smallest absolute Gasteiger partial charge is 0.301 e. The van der Waals surface area contributed by atoms with Gasteiger partial charge in [-0.25, -0.2) is 8.78 Å². The van der Waals surface area contributed by atoms with Crippen molar-refractivity contribution in [2.45, 2.75) is 35.6 Å². The maximum atomic E-state index is 15.2. The first-order valence-electron chi connectivity index (χ1n) is 12.4. The highest BCUT2D eigenvalue weighted by Gasteiger charge is 2.49. The third-order valence-electron chi connectivity index (χ3n) is 6.69. The highest BCUT2D eigenvalue weighted by Crippen LogP contribution is 2.45. The Labute approximate surface area is 236 Å². The molecule has 4 aromatic rings. The fraction of sp³-hybridized carbons (Fsp3) is 0.172. The molecule has 1 fully saturated rings. The molecule has 3 aromatic carbocycles. The van der Waals surface area contributed by atoms with Crippen molar-refractivity contribution in [2.24, 2.45) is 0 Å². The Kier molecular flexibility index (Phi) is 6.85. The van der Waals surface area contributed by atoms with Crippen LogP contribution in [0, 0.1) is 11.6 Å². The fourth-order valence-electron chi connectivity index (χ4n) is 4.83. The number of amides is 1. The van der Waals surface area contributed by atoms with Crippen molar-refractivity contribution in [3.05, 3.63) is 106 Å². The lowest BCUT2D eigenvalue weighted by molar-refractivity contribution is -0.132. The van der Waals surface area contributed by atoms with E-state index < -0.39 is 29.3 Å². The maximum absolute atomic E-state index is 15.2. The zero-order valence-corrected chi connectivity index (χ0v) is 22.6. The van der Waals surface area contributed by atoms with Crippen LogP contribution >= 0.6 is 23.1 Å². The molecule has 2 atom stereocenters. The molecule has 0 saturated carbocycles. The molecule has 0 spiro atoms. The number of nitrogens with zero attached hydrogens (tertiary/aromatic N) is 3. The van der Waals surface area contributed by atoms with Gasteiger partial charge in [0.15, 0.2) is 4.34 Å². The largest absolute Gasteiger partial charge is 0.507 e. The second kappa shape index (κ2) is 10.5. The minimum atomic E-state index is -1.26. The summed E-state index contributed by atoms with van der Waals surface area (Å²) < 4.78 is 34.6. The van der Waals surface area contributed by atoms with Crippen molar-refractivity contribution in [1.29, 1.82) is 0 Å². The molecule has 3 heterocycles. The van der Waals surface area contributed by atoms with Gasteiger partial charge in [-0.3, -0.25) is 14.5 Å². The van der Waals surface area contributed by atoms with Gasteiger partial charge in [0, 0.05) is 23.3 Å². The van der Waals surface area contributed by atoms with Gasteiger partial charge in [-0.15, -0.1) is 10.2 Å². The average Bonchev–Trinajstić information content (AvgIpc) is 3.63. The van der Waals surface area contributed by atoms with Gasteiger partial charge < -0.3 is 9.84 Å². The summed E-state index contributed by atoms with van der Waals surface area (Å²) in [5, 5.41) is 19.7. The molecule has 1 aromatic heterocycles. The van der Waals surface area contributed by atoms with E-state index in [1.165, 1.54) is 42.1 Å². The Balaban J connectivity index is 1.39. The van der Waals surface area contributed by atoms with Gasteiger partial charge >= 0.3 is 5.91 Å². The van der Waals surface area contributed by atoms with Gasteiger partial charge in [-0.1, -0.05) is 53.4 Å². The molecule has 0 aliphatic carbocycles. The molecule has 0 radical (unpaired) electrons. The lowest BCUT2D eigenvalue weighted by Crippen LogP contribution is -2.29. The third kappa shape index (κ3) is 4.75. The number of hydrogen-bond donors (Lipinski definition) is 1. The molecule has 1 N–H and O–H groups in total. The fourth-order valence-corrected chi connectivity index (χ4v) is 6.65. The van der Waals surface area contributed by atoms with Gasteiger partial charge in [0.2, 0.25) is 5.13 Å². The second-order valence-electron chi connectivity index (χ2n) is 9.41. The zero-order chi connectivity index (χ0) is 28.0. The van der Waals surface area contributed by atoms with Crippen molar-refractivity contribution >= 4 is 45.7 Å². The normalized spacial score (nSPS) is 19.6. The number of benzene rings is 3. The molecule has 11 heteroatoms. The van der Waals surface area contributed by atoms with E-state index in [0.29, 0.717) is 27.8 Å². The molecule has 2 aliphatic heterocycles. The van der Waals surface area contributed by atoms with Gasteiger partial charge in [-0.2, -0.15) is 0 Å². The number of hydrogen-bond acceptors (Lipinski definition) is 8. The van der Waals surface area contributed by atoms with Crippen LogP contribution in [-0.4, -0.2) is 33.1 Å². The molecule has 40 heavy (non-hydrogen) atoms. The lowest BCUT2D eigenvalue weighted by Gasteiger charge is -2.22.